The number of aromatic carboxylic acids is 1. The second kappa shape index (κ2) is 2.99. The molecule has 0 unspecified atom stereocenters. The molecule has 0 atom stereocenters. The maximum absolute atomic E-state index is 10.9. The lowest BCUT2D eigenvalue weighted by atomic mass is 10.1. The molecule has 0 spiro atoms. The second-order valence-corrected chi connectivity index (χ2v) is 3.34. The fraction of sp³-hybridized carbons (Fsp3) is 0.111. The summed E-state index contributed by atoms with van der Waals surface area (Å²) in [5.74, 6) is -1.04. The summed E-state index contributed by atoms with van der Waals surface area (Å²) in [6.07, 6.45) is 0. The topological polar surface area (TPSA) is 63.3 Å². The molecule has 0 saturated heterocycles. The van der Waals surface area contributed by atoms with Crippen molar-refractivity contribution in [3.8, 4) is 0 Å². The van der Waals surface area contributed by atoms with Gasteiger partial charge in [0.2, 0.25) is 0 Å². The molecule has 1 heterocycles. The molecule has 2 aromatic rings. The van der Waals surface area contributed by atoms with Crippen LogP contribution in [0.15, 0.2) is 16.7 Å². The van der Waals surface area contributed by atoms with Crippen molar-refractivity contribution in [2.24, 2.45) is 0 Å². The van der Waals surface area contributed by atoms with Crippen LogP contribution in [0.25, 0.3) is 11.0 Å². The third-order valence-corrected chi connectivity index (χ3v) is 2.16. The highest BCUT2D eigenvalue weighted by molar-refractivity contribution is 6.32. The van der Waals surface area contributed by atoms with E-state index in [1.54, 1.807) is 13.0 Å². The Morgan fingerprint density at radius 3 is 2.93 bits per heavy atom. The minimum atomic E-state index is -1.04. The van der Waals surface area contributed by atoms with Crippen LogP contribution in [-0.4, -0.2) is 16.2 Å². The number of carbonyl (C=O) groups is 1. The molecule has 0 saturated carbocycles. The number of fused-ring (bicyclic) bond motifs is 1. The fourth-order valence-electron chi connectivity index (χ4n) is 1.36. The molecule has 4 nitrogen and oxygen atoms in total. The van der Waals surface area contributed by atoms with Gasteiger partial charge < -0.3 is 9.63 Å². The van der Waals surface area contributed by atoms with E-state index in [-0.39, 0.29) is 5.56 Å². The van der Waals surface area contributed by atoms with Gasteiger partial charge in [-0.3, -0.25) is 0 Å². The first kappa shape index (κ1) is 9.02. The molecule has 0 aliphatic carbocycles. The normalized spacial score (nSPS) is 10.7. The van der Waals surface area contributed by atoms with E-state index in [4.69, 9.17) is 21.2 Å². The Morgan fingerprint density at radius 2 is 2.29 bits per heavy atom. The average molecular weight is 212 g/mol. The lowest BCUT2D eigenvalue weighted by Crippen LogP contribution is -1.97. The molecule has 1 N–H and O–H groups in total. The molecule has 0 aliphatic heterocycles. The van der Waals surface area contributed by atoms with Gasteiger partial charge in [0.1, 0.15) is 0 Å². The zero-order valence-electron chi connectivity index (χ0n) is 7.24. The maximum atomic E-state index is 10.9. The summed E-state index contributed by atoms with van der Waals surface area (Å²) in [6.45, 7) is 1.69. The third kappa shape index (κ3) is 1.24. The molecule has 0 fully saturated rings. The Kier molecular flexibility index (Phi) is 1.93. The zero-order valence-corrected chi connectivity index (χ0v) is 8.00. The van der Waals surface area contributed by atoms with Crippen LogP contribution in [0.5, 0.6) is 0 Å². The Balaban J connectivity index is 2.90. The second-order valence-electron chi connectivity index (χ2n) is 2.90. The van der Waals surface area contributed by atoms with E-state index in [9.17, 15) is 4.79 Å². The lowest BCUT2D eigenvalue weighted by Gasteiger charge is -1.97. The van der Waals surface area contributed by atoms with E-state index in [1.165, 1.54) is 6.07 Å². The summed E-state index contributed by atoms with van der Waals surface area (Å²) < 4.78 is 4.92. The summed E-state index contributed by atoms with van der Waals surface area (Å²) >= 11 is 5.73. The van der Waals surface area contributed by atoms with E-state index in [1.807, 2.05) is 0 Å². The van der Waals surface area contributed by atoms with Crippen molar-refractivity contribution in [1.82, 2.24) is 5.16 Å². The molecular weight excluding hydrogens is 206 g/mol. The van der Waals surface area contributed by atoms with Gasteiger partial charge >= 0.3 is 5.97 Å². The summed E-state index contributed by atoms with van der Waals surface area (Å²) in [5.41, 5.74) is 1.06. The van der Waals surface area contributed by atoms with E-state index in [2.05, 4.69) is 5.16 Å². The van der Waals surface area contributed by atoms with Crippen LogP contribution >= 0.6 is 11.6 Å². The van der Waals surface area contributed by atoms with Gasteiger partial charge in [0.05, 0.1) is 16.6 Å². The third-order valence-electron chi connectivity index (χ3n) is 1.94. The van der Waals surface area contributed by atoms with Crippen LogP contribution in [0.4, 0.5) is 0 Å². The molecule has 0 radical (unpaired) electrons. The van der Waals surface area contributed by atoms with Gasteiger partial charge in [0, 0.05) is 11.1 Å². The van der Waals surface area contributed by atoms with Gasteiger partial charge in [0.25, 0.3) is 0 Å². The average Bonchev–Trinajstić information content (AvgIpc) is 2.46. The summed E-state index contributed by atoms with van der Waals surface area (Å²) in [5, 5.41) is 13.4. The van der Waals surface area contributed by atoms with Gasteiger partial charge in [-0.1, -0.05) is 16.8 Å². The minimum Gasteiger partial charge on any atom is -0.478 e. The van der Waals surface area contributed by atoms with Gasteiger partial charge in [-0.2, -0.15) is 0 Å². The van der Waals surface area contributed by atoms with E-state index in [0.29, 0.717) is 21.7 Å². The van der Waals surface area contributed by atoms with Crippen molar-refractivity contribution < 1.29 is 14.4 Å². The molecule has 2 rings (SSSR count). The number of nitrogens with zero attached hydrogens (tertiary/aromatic N) is 1. The van der Waals surface area contributed by atoms with Crippen molar-refractivity contribution in [1.29, 1.82) is 0 Å². The van der Waals surface area contributed by atoms with E-state index in [0.717, 1.165) is 0 Å². The SMILES string of the molecule is Cc1noc2cc(Cl)cc(C(=O)O)c12. The first-order chi connectivity index (χ1) is 6.59. The van der Waals surface area contributed by atoms with Crippen molar-refractivity contribution in [3.63, 3.8) is 0 Å². The number of benzene rings is 1. The smallest absolute Gasteiger partial charge is 0.336 e. The predicted octanol–water partition coefficient (Wildman–Crippen LogP) is 2.49. The number of halogens is 1. The number of rotatable bonds is 1. The van der Waals surface area contributed by atoms with Crippen LogP contribution in [0.2, 0.25) is 5.02 Å². The van der Waals surface area contributed by atoms with Crippen LogP contribution in [-0.2, 0) is 0 Å². The number of hydrogen-bond donors (Lipinski definition) is 1. The van der Waals surface area contributed by atoms with E-state index >= 15 is 0 Å². The Bertz CT molecular complexity index is 518. The van der Waals surface area contributed by atoms with Crippen LogP contribution < -0.4 is 0 Å². The summed E-state index contributed by atoms with van der Waals surface area (Å²) in [7, 11) is 0. The van der Waals surface area contributed by atoms with Crippen LogP contribution in [0.1, 0.15) is 16.1 Å². The Morgan fingerprint density at radius 1 is 1.57 bits per heavy atom. The molecule has 1 aromatic carbocycles. The van der Waals surface area contributed by atoms with Crippen molar-refractivity contribution >= 4 is 28.5 Å². The minimum absolute atomic E-state index is 0.117. The predicted molar refractivity (Wildman–Crippen MR) is 50.7 cm³/mol. The largest absolute Gasteiger partial charge is 0.478 e. The highest BCUT2D eigenvalue weighted by Gasteiger charge is 2.15. The van der Waals surface area contributed by atoms with Gasteiger partial charge in [-0.25, -0.2) is 4.79 Å². The monoisotopic (exact) mass is 211 g/mol. The van der Waals surface area contributed by atoms with Gasteiger partial charge in [-0.05, 0) is 13.0 Å². The first-order valence-electron chi connectivity index (χ1n) is 3.88. The number of hydrogen-bond acceptors (Lipinski definition) is 3. The van der Waals surface area contributed by atoms with Crippen molar-refractivity contribution in [2.45, 2.75) is 6.92 Å². The summed E-state index contributed by atoms with van der Waals surface area (Å²) in [4.78, 5) is 10.9. The maximum Gasteiger partial charge on any atom is 0.336 e. The van der Waals surface area contributed by atoms with Gasteiger partial charge in [-0.15, -0.1) is 0 Å². The molecule has 14 heavy (non-hydrogen) atoms. The Labute approximate surface area is 84.1 Å². The summed E-state index contributed by atoms with van der Waals surface area (Å²) in [6, 6.07) is 2.93. The highest BCUT2D eigenvalue weighted by Crippen LogP contribution is 2.26. The van der Waals surface area contributed by atoms with Crippen LogP contribution in [0.3, 0.4) is 0 Å². The van der Waals surface area contributed by atoms with Crippen molar-refractivity contribution in [3.05, 3.63) is 28.4 Å². The molecular formula is C9H6ClNO3. The zero-order chi connectivity index (χ0) is 10.3. The molecule has 5 heteroatoms. The Hall–Kier alpha value is -1.55. The molecule has 0 aliphatic rings. The van der Waals surface area contributed by atoms with E-state index < -0.39 is 5.97 Å². The quantitative estimate of drug-likeness (QED) is 0.787. The highest BCUT2D eigenvalue weighted by atomic mass is 35.5. The molecule has 0 amide bonds. The molecule has 72 valence electrons. The van der Waals surface area contributed by atoms with Crippen molar-refractivity contribution in [2.75, 3.05) is 0 Å². The number of aryl methyl sites for hydroxylation is 1. The lowest BCUT2D eigenvalue weighted by molar-refractivity contribution is 0.0699. The first-order valence-corrected chi connectivity index (χ1v) is 4.26. The standard InChI is InChI=1S/C9H6ClNO3/c1-4-8-6(9(12)13)2-5(10)3-7(8)14-11-4/h2-3H,1H3,(H,12,13). The molecule has 0 bridgehead atoms. The van der Waals surface area contributed by atoms with Crippen LogP contribution in [0, 0.1) is 6.92 Å². The molecule has 1 aromatic heterocycles. The number of carboxylic acids is 1. The number of aromatic nitrogens is 1. The number of carboxylic acid groups (broad SMARTS) is 1. The van der Waals surface area contributed by atoms with Gasteiger partial charge in [0.15, 0.2) is 5.58 Å². The fourth-order valence-corrected chi connectivity index (χ4v) is 1.57.